The number of carbonyl (C=O) groups is 1. The topological polar surface area (TPSA) is 41.1 Å². The molecule has 1 unspecified atom stereocenters. The van der Waals surface area contributed by atoms with Gasteiger partial charge >= 0.3 is 0 Å². The molecule has 3 heteroatoms. The van der Waals surface area contributed by atoms with E-state index in [1.165, 1.54) is 6.42 Å². The van der Waals surface area contributed by atoms with Crippen LogP contribution in [0.1, 0.15) is 39.5 Å². The third kappa shape index (κ3) is 3.56. The van der Waals surface area contributed by atoms with Crippen LogP contribution < -0.4 is 10.6 Å². The highest BCUT2D eigenvalue weighted by atomic mass is 16.2. The van der Waals surface area contributed by atoms with Crippen molar-refractivity contribution < 1.29 is 4.79 Å². The fraction of sp³-hybridized carbons (Fsp3) is 0.750. The van der Waals surface area contributed by atoms with Gasteiger partial charge in [-0.3, -0.25) is 4.79 Å². The SMILES string of the molecule is CC#CCCNC(=O)C1(C)CCCCN1. The smallest absolute Gasteiger partial charge is 0.240 e. The Morgan fingerprint density at radius 2 is 2.33 bits per heavy atom. The lowest BCUT2D eigenvalue weighted by atomic mass is 9.90. The molecule has 0 bridgehead atoms. The van der Waals surface area contributed by atoms with Gasteiger partial charge in [0.1, 0.15) is 0 Å². The standard InChI is InChI=1S/C12H20N2O/c1-3-4-6-9-13-11(15)12(2)8-5-7-10-14-12/h14H,5-10H2,1-2H3,(H,13,15). The molecule has 0 saturated carbocycles. The van der Waals surface area contributed by atoms with Gasteiger partial charge in [0, 0.05) is 13.0 Å². The molecule has 1 amide bonds. The van der Waals surface area contributed by atoms with E-state index in [-0.39, 0.29) is 11.4 Å². The summed E-state index contributed by atoms with van der Waals surface area (Å²) in [5.41, 5.74) is -0.363. The Kier molecular flexibility index (Phi) is 4.64. The lowest BCUT2D eigenvalue weighted by Gasteiger charge is -2.33. The van der Waals surface area contributed by atoms with Crippen molar-refractivity contribution in [3.63, 3.8) is 0 Å². The second-order valence-electron chi connectivity index (χ2n) is 4.15. The van der Waals surface area contributed by atoms with Crippen molar-refractivity contribution in [1.29, 1.82) is 0 Å². The average molecular weight is 208 g/mol. The monoisotopic (exact) mass is 208 g/mol. The Morgan fingerprint density at radius 1 is 1.53 bits per heavy atom. The summed E-state index contributed by atoms with van der Waals surface area (Å²) in [6.07, 6.45) is 3.96. The number of piperidine rings is 1. The van der Waals surface area contributed by atoms with E-state index in [9.17, 15) is 4.79 Å². The van der Waals surface area contributed by atoms with Gasteiger partial charge in [0.25, 0.3) is 0 Å². The van der Waals surface area contributed by atoms with Crippen LogP contribution in [0.15, 0.2) is 0 Å². The van der Waals surface area contributed by atoms with E-state index >= 15 is 0 Å². The van der Waals surface area contributed by atoms with Crippen molar-refractivity contribution in [2.75, 3.05) is 13.1 Å². The van der Waals surface area contributed by atoms with Gasteiger partial charge in [-0.2, -0.15) is 0 Å². The Bertz CT molecular complexity index is 269. The minimum Gasteiger partial charge on any atom is -0.354 e. The van der Waals surface area contributed by atoms with Crippen LogP contribution in [0.2, 0.25) is 0 Å². The molecule has 0 aromatic rings. The number of hydrogen-bond acceptors (Lipinski definition) is 2. The first-order valence-corrected chi connectivity index (χ1v) is 5.62. The summed E-state index contributed by atoms with van der Waals surface area (Å²) in [6, 6.07) is 0. The van der Waals surface area contributed by atoms with Crippen molar-refractivity contribution >= 4 is 5.91 Å². The third-order valence-electron chi connectivity index (χ3n) is 2.83. The maximum absolute atomic E-state index is 11.9. The van der Waals surface area contributed by atoms with E-state index in [1.54, 1.807) is 0 Å². The van der Waals surface area contributed by atoms with Gasteiger partial charge in [-0.05, 0) is 39.7 Å². The Morgan fingerprint density at radius 3 is 2.93 bits per heavy atom. The van der Waals surface area contributed by atoms with Gasteiger partial charge in [-0.15, -0.1) is 11.8 Å². The lowest BCUT2D eigenvalue weighted by molar-refractivity contribution is -0.127. The molecule has 1 heterocycles. The zero-order valence-electron chi connectivity index (χ0n) is 9.65. The third-order valence-corrected chi connectivity index (χ3v) is 2.83. The second-order valence-corrected chi connectivity index (χ2v) is 4.15. The Hall–Kier alpha value is -1.01. The largest absolute Gasteiger partial charge is 0.354 e. The molecule has 2 N–H and O–H groups in total. The predicted molar refractivity (Wildman–Crippen MR) is 61.3 cm³/mol. The average Bonchev–Trinajstić information content (AvgIpc) is 2.25. The Labute approximate surface area is 92.0 Å². The number of carbonyl (C=O) groups excluding carboxylic acids is 1. The van der Waals surface area contributed by atoms with Crippen molar-refractivity contribution in [3.8, 4) is 11.8 Å². The first-order valence-electron chi connectivity index (χ1n) is 5.62. The molecule has 1 aliphatic heterocycles. The molecule has 1 aliphatic rings. The number of hydrogen-bond donors (Lipinski definition) is 2. The quantitative estimate of drug-likeness (QED) is 0.537. The summed E-state index contributed by atoms with van der Waals surface area (Å²) in [4.78, 5) is 11.9. The minimum absolute atomic E-state index is 0.111. The van der Waals surface area contributed by atoms with E-state index in [0.717, 1.165) is 25.8 Å². The Balaban J connectivity index is 2.33. The molecular weight excluding hydrogens is 188 g/mol. The molecule has 0 aromatic carbocycles. The molecule has 15 heavy (non-hydrogen) atoms. The van der Waals surface area contributed by atoms with Gasteiger partial charge in [0.15, 0.2) is 0 Å². The summed E-state index contributed by atoms with van der Waals surface area (Å²) in [5, 5.41) is 6.21. The molecule has 0 radical (unpaired) electrons. The molecule has 1 saturated heterocycles. The van der Waals surface area contributed by atoms with Crippen LogP contribution in [-0.4, -0.2) is 24.5 Å². The van der Waals surface area contributed by atoms with Crippen LogP contribution in [0.25, 0.3) is 0 Å². The van der Waals surface area contributed by atoms with E-state index in [0.29, 0.717) is 6.54 Å². The van der Waals surface area contributed by atoms with Gasteiger partial charge in [-0.1, -0.05) is 0 Å². The van der Waals surface area contributed by atoms with Crippen molar-refractivity contribution in [3.05, 3.63) is 0 Å². The highest BCUT2D eigenvalue weighted by molar-refractivity contribution is 5.85. The predicted octanol–water partition coefficient (Wildman–Crippen LogP) is 1.05. The van der Waals surface area contributed by atoms with Crippen molar-refractivity contribution in [2.45, 2.75) is 45.1 Å². The van der Waals surface area contributed by atoms with Crippen LogP contribution in [0, 0.1) is 11.8 Å². The van der Waals surface area contributed by atoms with Crippen molar-refractivity contribution in [2.24, 2.45) is 0 Å². The molecule has 0 aliphatic carbocycles. The fourth-order valence-electron chi connectivity index (χ4n) is 1.81. The lowest BCUT2D eigenvalue weighted by Crippen LogP contribution is -2.57. The van der Waals surface area contributed by atoms with Gasteiger partial charge < -0.3 is 10.6 Å². The zero-order chi connectivity index (χ0) is 11.1. The summed E-state index contributed by atoms with van der Waals surface area (Å²) < 4.78 is 0. The summed E-state index contributed by atoms with van der Waals surface area (Å²) in [6.45, 7) is 5.38. The molecule has 84 valence electrons. The minimum atomic E-state index is -0.363. The van der Waals surface area contributed by atoms with Gasteiger partial charge in [-0.25, -0.2) is 0 Å². The number of nitrogens with one attached hydrogen (secondary N) is 2. The highest BCUT2D eigenvalue weighted by Gasteiger charge is 2.33. The maximum atomic E-state index is 11.9. The van der Waals surface area contributed by atoms with E-state index in [2.05, 4.69) is 22.5 Å². The van der Waals surface area contributed by atoms with E-state index in [4.69, 9.17) is 0 Å². The van der Waals surface area contributed by atoms with E-state index < -0.39 is 0 Å². The molecule has 1 atom stereocenters. The van der Waals surface area contributed by atoms with Gasteiger partial charge in [0.2, 0.25) is 5.91 Å². The zero-order valence-corrected chi connectivity index (χ0v) is 9.65. The van der Waals surface area contributed by atoms with Crippen LogP contribution in [-0.2, 0) is 4.79 Å². The summed E-state index contributed by atoms with van der Waals surface area (Å²) in [7, 11) is 0. The summed E-state index contributed by atoms with van der Waals surface area (Å²) >= 11 is 0. The van der Waals surface area contributed by atoms with Crippen molar-refractivity contribution in [1.82, 2.24) is 10.6 Å². The molecule has 0 aromatic heterocycles. The second kappa shape index (κ2) is 5.77. The van der Waals surface area contributed by atoms with Crippen LogP contribution >= 0.6 is 0 Å². The molecule has 3 nitrogen and oxygen atoms in total. The molecule has 0 spiro atoms. The molecule has 1 rings (SSSR count). The van der Waals surface area contributed by atoms with Crippen LogP contribution in [0.5, 0.6) is 0 Å². The summed E-state index contributed by atoms with van der Waals surface area (Å²) in [5.74, 6) is 5.86. The van der Waals surface area contributed by atoms with Crippen LogP contribution in [0.3, 0.4) is 0 Å². The molecule has 1 fully saturated rings. The first-order chi connectivity index (χ1) is 7.19. The maximum Gasteiger partial charge on any atom is 0.240 e. The molecular formula is C12H20N2O. The fourth-order valence-corrected chi connectivity index (χ4v) is 1.81. The number of rotatable bonds is 3. The normalized spacial score (nSPS) is 25.2. The highest BCUT2D eigenvalue weighted by Crippen LogP contribution is 2.18. The van der Waals surface area contributed by atoms with Crippen LogP contribution in [0.4, 0.5) is 0 Å². The first kappa shape index (κ1) is 12.1. The van der Waals surface area contributed by atoms with Gasteiger partial charge in [0.05, 0.1) is 5.54 Å². The number of amides is 1. The van der Waals surface area contributed by atoms with E-state index in [1.807, 2.05) is 13.8 Å².